The third-order valence-corrected chi connectivity index (χ3v) is 6.76. The van der Waals surface area contributed by atoms with E-state index in [9.17, 15) is 9.59 Å². The molecule has 0 radical (unpaired) electrons. The predicted octanol–water partition coefficient (Wildman–Crippen LogP) is 5.51. The molecule has 0 unspecified atom stereocenters. The van der Waals surface area contributed by atoms with Crippen LogP contribution in [-0.2, 0) is 14.3 Å². The Morgan fingerprint density at radius 2 is 1.86 bits per heavy atom. The monoisotopic (exact) mass is 490 g/mol. The number of hydrogen-bond acceptors (Lipinski definition) is 6. The minimum Gasteiger partial charge on any atom is -0.496 e. The maximum absolute atomic E-state index is 14.0. The first-order chi connectivity index (χ1) is 16.9. The summed E-state index contributed by atoms with van der Waals surface area (Å²) < 4.78 is 22.5. The van der Waals surface area contributed by atoms with Crippen LogP contribution in [0.25, 0.3) is 11.6 Å². The van der Waals surface area contributed by atoms with Gasteiger partial charge in [0.05, 0.1) is 20.8 Å². The Labute approximate surface area is 208 Å². The Bertz CT molecular complexity index is 1360. The van der Waals surface area contributed by atoms with Gasteiger partial charge in [0.1, 0.15) is 17.2 Å². The Morgan fingerprint density at radius 3 is 2.54 bits per heavy atom. The zero-order valence-corrected chi connectivity index (χ0v) is 20.2. The van der Waals surface area contributed by atoms with Crippen LogP contribution in [0.1, 0.15) is 35.1 Å². The van der Waals surface area contributed by atoms with Crippen LogP contribution in [0.5, 0.6) is 17.2 Å². The third-order valence-electron chi connectivity index (χ3n) is 6.53. The van der Waals surface area contributed by atoms with Crippen molar-refractivity contribution in [1.82, 2.24) is 0 Å². The second-order valence-corrected chi connectivity index (χ2v) is 8.73. The molecule has 178 valence electrons. The summed E-state index contributed by atoms with van der Waals surface area (Å²) in [6.45, 7) is 1.81. The summed E-state index contributed by atoms with van der Waals surface area (Å²) in [4.78, 5) is 27.8. The average molecular weight is 491 g/mol. The lowest BCUT2D eigenvalue weighted by Crippen LogP contribution is -2.49. The van der Waals surface area contributed by atoms with Crippen LogP contribution < -0.4 is 14.2 Å². The van der Waals surface area contributed by atoms with Crippen molar-refractivity contribution in [1.29, 1.82) is 0 Å². The van der Waals surface area contributed by atoms with E-state index in [0.717, 1.165) is 11.1 Å². The molecular weight excluding hydrogens is 468 g/mol. The van der Waals surface area contributed by atoms with Crippen LogP contribution in [0.2, 0.25) is 5.02 Å². The van der Waals surface area contributed by atoms with E-state index in [1.807, 2.05) is 42.5 Å². The van der Waals surface area contributed by atoms with Crippen molar-refractivity contribution in [2.45, 2.75) is 12.8 Å². The summed E-state index contributed by atoms with van der Waals surface area (Å²) in [6.07, 6.45) is 1.84. The standard InChI is InChI=1S/C28H23ClO6/c1-4-34-26(30)28-21(12-16-8-6-5-7-9-16)19-11-10-17(29)13-20(19)25(28)24-22(33-3)14-18(32-2)15-23(24)35-27(28)31/h5-15,25H,4H2,1-3H3/b21-12+/t25-,28-/m1/s1. The summed E-state index contributed by atoms with van der Waals surface area (Å²) in [5.74, 6) is -1.03. The molecule has 2 aliphatic rings. The van der Waals surface area contributed by atoms with Crippen LogP contribution >= 0.6 is 11.6 Å². The molecule has 1 heterocycles. The van der Waals surface area contributed by atoms with Gasteiger partial charge < -0.3 is 18.9 Å². The van der Waals surface area contributed by atoms with Gasteiger partial charge in [0, 0.05) is 28.6 Å². The third kappa shape index (κ3) is 3.40. The van der Waals surface area contributed by atoms with Crippen molar-refractivity contribution in [3.63, 3.8) is 0 Å². The SMILES string of the molecule is CCOC(=O)[C@]12C(=O)Oc3cc(OC)cc(OC)c3[C@H]1c1cc(Cl)ccc1/C2=C\c1ccccc1. The van der Waals surface area contributed by atoms with Crippen LogP contribution in [0.15, 0.2) is 60.7 Å². The van der Waals surface area contributed by atoms with Gasteiger partial charge in [-0.05, 0) is 47.4 Å². The summed E-state index contributed by atoms with van der Waals surface area (Å²) >= 11 is 6.43. The molecule has 0 saturated carbocycles. The van der Waals surface area contributed by atoms with Crippen molar-refractivity contribution < 1.29 is 28.5 Å². The van der Waals surface area contributed by atoms with Gasteiger partial charge >= 0.3 is 11.9 Å². The Hall–Kier alpha value is -3.77. The molecular formula is C28H23ClO6. The van der Waals surface area contributed by atoms with Crippen LogP contribution in [0.4, 0.5) is 0 Å². The van der Waals surface area contributed by atoms with E-state index in [-0.39, 0.29) is 12.4 Å². The minimum atomic E-state index is -1.78. The maximum Gasteiger partial charge on any atom is 0.334 e. The second kappa shape index (κ2) is 8.78. The fourth-order valence-electron chi connectivity index (χ4n) is 5.10. The number of carbonyl (C=O) groups is 2. The summed E-state index contributed by atoms with van der Waals surface area (Å²) in [5, 5.41) is 0.482. The van der Waals surface area contributed by atoms with Crippen LogP contribution in [0, 0.1) is 5.41 Å². The predicted molar refractivity (Wildman–Crippen MR) is 132 cm³/mol. The van der Waals surface area contributed by atoms with Gasteiger partial charge in [-0.15, -0.1) is 0 Å². The molecule has 1 aliphatic carbocycles. The molecule has 0 spiro atoms. The first-order valence-electron chi connectivity index (χ1n) is 11.2. The lowest BCUT2D eigenvalue weighted by atomic mass is 9.68. The second-order valence-electron chi connectivity index (χ2n) is 8.29. The quantitative estimate of drug-likeness (QED) is 0.267. The highest BCUT2D eigenvalue weighted by Gasteiger charge is 2.66. The van der Waals surface area contributed by atoms with E-state index >= 15 is 0 Å². The van der Waals surface area contributed by atoms with E-state index in [1.165, 1.54) is 14.2 Å². The molecule has 35 heavy (non-hydrogen) atoms. The number of ether oxygens (including phenoxy) is 4. The van der Waals surface area contributed by atoms with Crippen molar-refractivity contribution in [2.24, 2.45) is 5.41 Å². The lowest BCUT2D eigenvalue weighted by molar-refractivity contribution is -0.164. The molecule has 0 bridgehead atoms. The number of carbonyl (C=O) groups excluding carboxylic acids is 2. The molecule has 0 saturated heterocycles. The van der Waals surface area contributed by atoms with Crippen molar-refractivity contribution in [3.05, 3.63) is 87.9 Å². The molecule has 0 fully saturated rings. The number of fused-ring (bicyclic) bond motifs is 5. The highest BCUT2D eigenvalue weighted by atomic mass is 35.5. The molecule has 1 aliphatic heterocycles. The summed E-state index contributed by atoms with van der Waals surface area (Å²) in [7, 11) is 3.03. The fourth-order valence-corrected chi connectivity index (χ4v) is 5.28. The van der Waals surface area contributed by atoms with Gasteiger partial charge in [-0.3, -0.25) is 4.79 Å². The van der Waals surface area contributed by atoms with Crippen molar-refractivity contribution >= 4 is 35.2 Å². The van der Waals surface area contributed by atoms with Gasteiger partial charge in [0.2, 0.25) is 5.41 Å². The smallest absolute Gasteiger partial charge is 0.334 e. The van der Waals surface area contributed by atoms with Crippen molar-refractivity contribution in [3.8, 4) is 17.2 Å². The zero-order chi connectivity index (χ0) is 24.7. The molecule has 0 amide bonds. The van der Waals surface area contributed by atoms with E-state index in [4.69, 9.17) is 30.5 Å². The minimum absolute atomic E-state index is 0.100. The molecule has 2 atom stereocenters. The van der Waals surface area contributed by atoms with Crippen molar-refractivity contribution in [2.75, 3.05) is 20.8 Å². The highest BCUT2D eigenvalue weighted by molar-refractivity contribution is 6.31. The Morgan fingerprint density at radius 1 is 1.09 bits per heavy atom. The van der Waals surface area contributed by atoms with Crippen LogP contribution in [-0.4, -0.2) is 32.8 Å². The Balaban J connectivity index is 1.90. The topological polar surface area (TPSA) is 71.1 Å². The van der Waals surface area contributed by atoms with Crippen LogP contribution in [0.3, 0.4) is 0 Å². The average Bonchev–Trinajstić information content (AvgIpc) is 3.14. The lowest BCUT2D eigenvalue weighted by Gasteiger charge is -2.38. The number of esters is 2. The van der Waals surface area contributed by atoms with Gasteiger partial charge in [-0.2, -0.15) is 0 Å². The number of hydrogen-bond donors (Lipinski definition) is 0. The first kappa shape index (κ1) is 23.0. The molecule has 0 aromatic heterocycles. The number of halogens is 1. The first-order valence-corrected chi connectivity index (χ1v) is 11.6. The molecule has 7 heteroatoms. The van der Waals surface area contributed by atoms with E-state index in [0.29, 0.717) is 33.2 Å². The normalized spacial score (nSPS) is 21.0. The molecule has 0 N–H and O–H groups in total. The highest BCUT2D eigenvalue weighted by Crippen LogP contribution is 2.65. The number of rotatable bonds is 5. The number of methoxy groups -OCH3 is 2. The van der Waals surface area contributed by atoms with E-state index in [2.05, 4.69) is 0 Å². The van der Waals surface area contributed by atoms with E-state index < -0.39 is 23.3 Å². The van der Waals surface area contributed by atoms with Gasteiger partial charge in [-0.25, -0.2) is 4.79 Å². The fraction of sp³-hybridized carbons (Fsp3) is 0.214. The zero-order valence-electron chi connectivity index (χ0n) is 19.5. The Kier molecular flexibility index (Phi) is 5.77. The van der Waals surface area contributed by atoms with Gasteiger partial charge in [-0.1, -0.05) is 48.0 Å². The number of benzene rings is 3. The van der Waals surface area contributed by atoms with Gasteiger partial charge in [0.25, 0.3) is 0 Å². The summed E-state index contributed by atoms with van der Waals surface area (Å²) in [6, 6.07) is 18.2. The maximum atomic E-state index is 14.0. The molecule has 6 nitrogen and oxygen atoms in total. The largest absolute Gasteiger partial charge is 0.496 e. The molecule has 3 aromatic carbocycles. The van der Waals surface area contributed by atoms with E-state index in [1.54, 1.807) is 31.2 Å². The summed E-state index contributed by atoms with van der Waals surface area (Å²) in [5.41, 5.74) is 1.53. The van der Waals surface area contributed by atoms with Gasteiger partial charge in [0.15, 0.2) is 0 Å². The molecule has 3 aromatic rings. The molecule has 5 rings (SSSR count).